The molecule has 0 radical (unpaired) electrons. The molecule has 0 amide bonds. The Balaban J connectivity index is 2.91. The molecule has 1 N–H and O–H groups in total. The van der Waals surface area contributed by atoms with Crippen LogP contribution in [0.5, 0.6) is 0 Å². The Morgan fingerprint density at radius 2 is 2.08 bits per heavy atom. The van der Waals surface area contributed by atoms with Gasteiger partial charge in [0.1, 0.15) is 0 Å². The average molecular weight is 205 g/mol. The van der Waals surface area contributed by atoms with Crippen LogP contribution >= 0.6 is 11.8 Å². The number of hydrogen-bond acceptors (Lipinski definition) is 3. The van der Waals surface area contributed by atoms with Crippen LogP contribution in [-0.2, 0) is 4.74 Å². The zero-order valence-electron chi connectivity index (χ0n) is 9.14. The summed E-state index contributed by atoms with van der Waals surface area (Å²) in [5, 5.41) is 4.14. The molecule has 1 atom stereocenters. The SMILES string of the molecule is CCCOCCNCCC(C)SC. The van der Waals surface area contributed by atoms with Crippen LogP contribution in [0.25, 0.3) is 0 Å². The summed E-state index contributed by atoms with van der Waals surface area (Å²) < 4.78 is 5.35. The minimum absolute atomic E-state index is 0.768. The number of nitrogens with one attached hydrogen (secondary N) is 1. The van der Waals surface area contributed by atoms with E-state index in [4.69, 9.17) is 4.74 Å². The second kappa shape index (κ2) is 10.4. The molecule has 0 aliphatic carbocycles. The largest absolute Gasteiger partial charge is 0.380 e. The molecule has 0 heterocycles. The van der Waals surface area contributed by atoms with Gasteiger partial charge in [-0.3, -0.25) is 0 Å². The fourth-order valence-corrected chi connectivity index (χ4v) is 1.29. The van der Waals surface area contributed by atoms with E-state index in [9.17, 15) is 0 Å². The van der Waals surface area contributed by atoms with E-state index >= 15 is 0 Å². The molecule has 0 fully saturated rings. The second-order valence-corrected chi connectivity index (χ2v) is 4.47. The highest BCUT2D eigenvalue weighted by Crippen LogP contribution is 2.07. The monoisotopic (exact) mass is 205 g/mol. The van der Waals surface area contributed by atoms with E-state index in [2.05, 4.69) is 25.4 Å². The van der Waals surface area contributed by atoms with Gasteiger partial charge in [0, 0.05) is 18.4 Å². The van der Waals surface area contributed by atoms with Crippen LogP contribution in [0.2, 0.25) is 0 Å². The fraction of sp³-hybridized carbons (Fsp3) is 1.00. The maximum atomic E-state index is 5.35. The smallest absolute Gasteiger partial charge is 0.0590 e. The first kappa shape index (κ1) is 13.3. The first-order valence-corrected chi connectivity index (χ1v) is 6.41. The van der Waals surface area contributed by atoms with Gasteiger partial charge in [-0.25, -0.2) is 0 Å². The lowest BCUT2D eigenvalue weighted by Gasteiger charge is -2.08. The summed E-state index contributed by atoms with van der Waals surface area (Å²) in [5.74, 6) is 0. The molecule has 2 nitrogen and oxygen atoms in total. The lowest BCUT2D eigenvalue weighted by Crippen LogP contribution is -2.22. The summed E-state index contributed by atoms with van der Waals surface area (Å²) in [5.41, 5.74) is 0. The van der Waals surface area contributed by atoms with Crippen LogP contribution in [0.4, 0.5) is 0 Å². The molecule has 0 saturated heterocycles. The van der Waals surface area contributed by atoms with E-state index in [-0.39, 0.29) is 0 Å². The van der Waals surface area contributed by atoms with Crippen molar-refractivity contribution in [2.75, 3.05) is 32.6 Å². The zero-order chi connectivity index (χ0) is 9.94. The molecule has 0 aliphatic heterocycles. The van der Waals surface area contributed by atoms with Gasteiger partial charge >= 0.3 is 0 Å². The molecule has 3 heteroatoms. The van der Waals surface area contributed by atoms with Gasteiger partial charge in [-0.15, -0.1) is 0 Å². The first-order chi connectivity index (χ1) is 6.31. The summed E-state index contributed by atoms with van der Waals surface area (Å²) in [6.07, 6.45) is 4.52. The molecule has 1 unspecified atom stereocenters. The summed E-state index contributed by atoms with van der Waals surface area (Å²) >= 11 is 1.93. The average Bonchev–Trinajstić information content (AvgIpc) is 2.16. The van der Waals surface area contributed by atoms with Crippen molar-refractivity contribution in [3.05, 3.63) is 0 Å². The maximum Gasteiger partial charge on any atom is 0.0590 e. The van der Waals surface area contributed by atoms with E-state index in [1.54, 1.807) is 0 Å². The lowest BCUT2D eigenvalue weighted by atomic mass is 10.3. The fourth-order valence-electron chi connectivity index (χ4n) is 0.939. The maximum absolute atomic E-state index is 5.35. The lowest BCUT2D eigenvalue weighted by molar-refractivity contribution is 0.136. The molecular weight excluding hydrogens is 182 g/mol. The number of ether oxygens (including phenoxy) is 1. The van der Waals surface area contributed by atoms with Crippen LogP contribution in [0.3, 0.4) is 0 Å². The van der Waals surface area contributed by atoms with Crippen molar-refractivity contribution >= 4 is 11.8 Å². The van der Waals surface area contributed by atoms with Crippen LogP contribution in [-0.4, -0.2) is 37.8 Å². The molecule has 0 aromatic heterocycles. The molecule has 0 aliphatic rings. The van der Waals surface area contributed by atoms with Gasteiger partial charge in [0.2, 0.25) is 0 Å². The molecule has 13 heavy (non-hydrogen) atoms. The van der Waals surface area contributed by atoms with Gasteiger partial charge in [0.05, 0.1) is 6.61 Å². The highest BCUT2D eigenvalue weighted by molar-refractivity contribution is 7.99. The molecule has 0 saturated carbocycles. The highest BCUT2D eigenvalue weighted by Gasteiger charge is 1.97. The van der Waals surface area contributed by atoms with Crippen molar-refractivity contribution in [1.82, 2.24) is 5.32 Å². The quantitative estimate of drug-likeness (QED) is 0.583. The Hall–Kier alpha value is 0.270. The van der Waals surface area contributed by atoms with Gasteiger partial charge in [-0.2, -0.15) is 11.8 Å². The van der Waals surface area contributed by atoms with Gasteiger partial charge in [-0.1, -0.05) is 13.8 Å². The van der Waals surface area contributed by atoms with Crippen molar-refractivity contribution in [3.8, 4) is 0 Å². The van der Waals surface area contributed by atoms with E-state index in [0.717, 1.165) is 38.0 Å². The van der Waals surface area contributed by atoms with Crippen molar-refractivity contribution < 1.29 is 4.74 Å². The Labute approximate surface area is 86.8 Å². The Morgan fingerprint density at radius 3 is 2.69 bits per heavy atom. The standard InChI is InChI=1S/C10H23NOS/c1-4-8-12-9-7-11-6-5-10(2)13-3/h10-11H,4-9H2,1-3H3. The first-order valence-electron chi connectivity index (χ1n) is 5.12. The van der Waals surface area contributed by atoms with Gasteiger partial charge in [-0.05, 0) is 25.6 Å². The second-order valence-electron chi connectivity index (χ2n) is 3.20. The van der Waals surface area contributed by atoms with Gasteiger partial charge < -0.3 is 10.1 Å². The van der Waals surface area contributed by atoms with E-state index in [1.807, 2.05) is 11.8 Å². The molecule has 0 aromatic rings. The van der Waals surface area contributed by atoms with Crippen LogP contribution in [0.1, 0.15) is 26.7 Å². The molecule has 0 aromatic carbocycles. The van der Waals surface area contributed by atoms with Crippen molar-refractivity contribution in [3.63, 3.8) is 0 Å². The number of rotatable bonds is 9. The summed E-state index contributed by atoms with van der Waals surface area (Å²) in [6.45, 7) is 8.23. The Morgan fingerprint density at radius 1 is 1.31 bits per heavy atom. The summed E-state index contributed by atoms with van der Waals surface area (Å²) in [6, 6.07) is 0. The topological polar surface area (TPSA) is 21.3 Å². The van der Waals surface area contributed by atoms with Gasteiger partial charge in [0.15, 0.2) is 0 Å². The van der Waals surface area contributed by atoms with E-state index in [0.29, 0.717) is 0 Å². The summed E-state index contributed by atoms with van der Waals surface area (Å²) in [7, 11) is 0. The highest BCUT2D eigenvalue weighted by atomic mass is 32.2. The molecular formula is C10H23NOS. The zero-order valence-corrected chi connectivity index (χ0v) is 9.95. The molecule has 0 spiro atoms. The Kier molecular flexibility index (Phi) is 10.6. The van der Waals surface area contributed by atoms with Crippen LogP contribution < -0.4 is 5.32 Å². The minimum atomic E-state index is 0.768. The predicted octanol–water partition coefficient (Wildman–Crippen LogP) is 2.14. The molecule has 80 valence electrons. The van der Waals surface area contributed by atoms with Crippen LogP contribution in [0.15, 0.2) is 0 Å². The number of thioether (sulfide) groups is 1. The third-order valence-corrected chi connectivity index (χ3v) is 2.94. The van der Waals surface area contributed by atoms with Crippen LogP contribution in [0, 0.1) is 0 Å². The number of hydrogen-bond donors (Lipinski definition) is 1. The van der Waals surface area contributed by atoms with Gasteiger partial charge in [0.25, 0.3) is 0 Å². The predicted molar refractivity (Wildman–Crippen MR) is 61.6 cm³/mol. The molecule has 0 rings (SSSR count). The summed E-state index contributed by atoms with van der Waals surface area (Å²) in [4.78, 5) is 0. The van der Waals surface area contributed by atoms with E-state index in [1.165, 1.54) is 6.42 Å². The van der Waals surface area contributed by atoms with Crippen molar-refractivity contribution in [1.29, 1.82) is 0 Å². The van der Waals surface area contributed by atoms with Crippen molar-refractivity contribution in [2.24, 2.45) is 0 Å². The minimum Gasteiger partial charge on any atom is -0.380 e. The third kappa shape index (κ3) is 10.2. The third-order valence-electron chi connectivity index (χ3n) is 1.90. The normalized spacial score (nSPS) is 13.2. The van der Waals surface area contributed by atoms with Crippen molar-refractivity contribution in [2.45, 2.75) is 31.9 Å². The Bertz CT molecular complexity index is 101. The molecule has 0 bridgehead atoms. The van der Waals surface area contributed by atoms with E-state index < -0.39 is 0 Å².